The molecule has 2 heterocycles. The lowest BCUT2D eigenvalue weighted by Gasteiger charge is -2.06. The molecule has 2 rings (SSSR count). The maximum atomic E-state index is 5.50. The largest absolute Gasteiger partial charge is 0.362 e. The normalized spacial score (nSPS) is 10.3. The number of pyridine rings is 1. The minimum Gasteiger partial charge on any atom is -0.362 e. The van der Waals surface area contributed by atoms with Gasteiger partial charge in [0.1, 0.15) is 0 Å². The van der Waals surface area contributed by atoms with Crippen LogP contribution in [0.2, 0.25) is 0 Å². The van der Waals surface area contributed by atoms with Crippen LogP contribution >= 0.6 is 34.8 Å². The zero-order chi connectivity index (χ0) is 11.1. The van der Waals surface area contributed by atoms with E-state index in [1.807, 2.05) is 18.2 Å². The van der Waals surface area contributed by atoms with Crippen molar-refractivity contribution in [1.29, 1.82) is 0 Å². The molecule has 0 unspecified atom stereocenters. The van der Waals surface area contributed by atoms with Crippen molar-refractivity contribution in [2.75, 3.05) is 0 Å². The molecule has 2 aromatic rings. The summed E-state index contributed by atoms with van der Waals surface area (Å²) in [5.41, 5.74) is 0.590. The molecule has 0 atom stereocenters. The van der Waals surface area contributed by atoms with Crippen LogP contribution in [-0.4, -0.2) is 9.97 Å². The molecule has 2 aromatic heterocycles. The molecule has 0 aliphatic rings. The van der Waals surface area contributed by atoms with Crippen LogP contribution < -0.4 is 0 Å². The topological polar surface area (TPSA) is 28.7 Å². The summed E-state index contributed by atoms with van der Waals surface area (Å²) in [6.45, 7) is 0. The van der Waals surface area contributed by atoms with Crippen molar-refractivity contribution in [3.8, 4) is 0 Å². The van der Waals surface area contributed by atoms with Crippen LogP contribution in [0.5, 0.6) is 0 Å². The SMILES string of the molecule is ClC(Cl)(Cl)c1ccc[nH]1.c1ccncc1. The highest BCUT2D eigenvalue weighted by molar-refractivity contribution is 6.66. The Bertz CT molecular complexity index is 327. The number of rotatable bonds is 0. The van der Waals surface area contributed by atoms with Crippen LogP contribution in [0.25, 0.3) is 0 Å². The summed E-state index contributed by atoms with van der Waals surface area (Å²) >= 11 is 16.5. The number of hydrogen-bond acceptors (Lipinski definition) is 1. The first-order chi connectivity index (χ1) is 7.11. The van der Waals surface area contributed by atoms with Crippen LogP contribution in [0.4, 0.5) is 0 Å². The molecule has 0 aromatic carbocycles. The average molecular weight is 264 g/mol. The van der Waals surface area contributed by atoms with Gasteiger partial charge in [-0.05, 0) is 24.3 Å². The van der Waals surface area contributed by atoms with Gasteiger partial charge in [-0.2, -0.15) is 0 Å². The maximum absolute atomic E-state index is 5.50. The fourth-order valence-electron chi connectivity index (χ4n) is 0.819. The molecular weight excluding hydrogens is 254 g/mol. The Hall–Kier alpha value is -0.700. The van der Waals surface area contributed by atoms with Gasteiger partial charge in [0, 0.05) is 18.6 Å². The van der Waals surface area contributed by atoms with E-state index in [1.165, 1.54) is 0 Å². The summed E-state index contributed by atoms with van der Waals surface area (Å²) in [5, 5.41) is 0. The lowest BCUT2D eigenvalue weighted by Crippen LogP contribution is -1.98. The fraction of sp³-hybridized carbons (Fsp3) is 0.100. The van der Waals surface area contributed by atoms with Gasteiger partial charge < -0.3 is 4.98 Å². The molecule has 0 spiro atoms. The Morgan fingerprint density at radius 2 is 1.67 bits per heavy atom. The van der Waals surface area contributed by atoms with Gasteiger partial charge in [-0.3, -0.25) is 4.98 Å². The molecule has 2 nitrogen and oxygen atoms in total. The number of alkyl halides is 3. The molecule has 0 aliphatic carbocycles. The lowest BCUT2D eigenvalue weighted by atomic mass is 10.5. The van der Waals surface area contributed by atoms with E-state index >= 15 is 0 Å². The standard InChI is InChI=1S/C5H4Cl3N.C5H5N/c6-5(7,8)4-2-1-3-9-4;1-2-4-6-5-3-1/h1-3,9H;1-5H. The van der Waals surface area contributed by atoms with Crippen LogP contribution in [0.3, 0.4) is 0 Å². The highest BCUT2D eigenvalue weighted by atomic mass is 35.6. The molecule has 0 bridgehead atoms. The molecule has 0 saturated heterocycles. The third-order valence-corrected chi connectivity index (χ3v) is 2.08. The molecule has 0 saturated carbocycles. The van der Waals surface area contributed by atoms with E-state index in [1.54, 1.807) is 30.7 Å². The van der Waals surface area contributed by atoms with Gasteiger partial charge in [-0.25, -0.2) is 0 Å². The number of H-pyrrole nitrogens is 1. The Morgan fingerprint density at radius 3 is 1.87 bits per heavy atom. The second kappa shape index (κ2) is 6.01. The quantitative estimate of drug-likeness (QED) is 0.717. The van der Waals surface area contributed by atoms with Gasteiger partial charge in [0.05, 0.1) is 5.69 Å². The summed E-state index contributed by atoms with van der Waals surface area (Å²) in [7, 11) is 0. The monoisotopic (exact) mass is 262 g/mol. The van der Waals surface area contributed by atoms with E-state index in [-0.39, 0.29) is 0 Å². The second-order valence-electron chi connectivity index (χ2n) is 2.61. The number of aromatic nitrogens is 2. The van der Waals surface area contributed by atoms with E-state index in [9.17, 15) is 0 Å². The van der Waals surface area contributed by atoms with Crippen LogP contribution in [0.1, 0.15) is 5.69 Å². The average Bonchev–Trinajstić information content (AvgIpc) is 2.73. The van der Waals surface area contributed by atoms with E-state index in [2.05, 4.69) is 9.97 Å². The zero-order valence-corrected chi connectivity index (χ0v) is 9.97. The van der Waals surface area contributed by atoms with Crippen LogP contribution in [0, 0.1) is 0 Å². The summed E-state index contributed by atoms with van der Waals surface area (Å²) in [6, 6.07) is 9.21. The Labute approximate surface area is 103 Å². The van der Waals surface area contributed by atoms with E-state index in [0.29, 0.717) is 5.69 Å². The third-order valence-electron chi connectivity index (χ3n) is 1.47. The van der Waals surface area contributed by atoms with Crippen molar-refractivity contribution in [3.63, 3.8) is 0 Å². The molecule has 0 radical (unpaired) electrons. The molecule has 0 fully saturated rings. The van der Waals surface area contributed by atoms with Crippen molar-refractivity contribution >= 4 is 34.8 Å². The minimum absolute atomic E-state index is 0.590. The molecular formula is C10H9Cl3N2. The summed E-state index contributed by atoms with van der Waals surface area (Å²) in [4.78, 5) is 6.57. The summed E-state index contributed by atoms with van der Waals surface area (Å²) in [5.74, 6) is 0. The molecule has 1 N–H and O–H groups in total. The van der Waals surface area contributed by atoms with Crippen molar-refractivity contribution < 1.29 is 0 Å². The third kappa shape index (κ3) is 5.07. The zero-order valence-electron chi connectivity index (χ0n) is 7.70. The second-order valence-corrected chi connectivity index (χ2v) is 4.89. The first-order valence-electron chi connectivity index (χ1n) is 4.16. The van der Waals surface area contributed by atoms with Crippen molar-refractivity contribution in [1.82, 2.24) is 9.97 Å². The first kappa shape index (κ1) is 12.4. The number of hydrogen-bond donors (Lipinski definition) is 1. The Balaban J connectivity index is 0.000000162. The number of nitrogens with zero attached hydrogens (tertiary/aromatic N) is 1. The van der Waals surface area contributed by atoms with Crippen molar-refractivity contribution in [2.24, 2.45) is 0 Å². The number of aromatic amines is 1. The van der Waals surface area contributed by atoms with Gasteiger partial charge in [-0.1, -0.05) is 40.9 Å². The Morgan fingerprint density at radius 1 is 1.00 bits per heavy atom. The predicted molar refractivity (Wildman–Crippen MR) is 64.3 cm³/mol. The molecule has 0 aliphatic heterocycles. The highest BCUT2D eigenvalue weighted by Crippen LogP contribution is 2.36. The van der Waals surface area contributed by atoms with Crippen LogP contribution in [0.15, 0.2) is 48.9 Å². The number of nitrogens with one attached hydrogen (secondary N) is 1. The van der Waals surface area contributed by atoms with Gasteiger partial charge in [0.15, 0.2) is 0 Å². The fourth-order valence-corrected chi connectivity index (χ4v) is 1.17. The minimum atomic E-state index is -1.32. The predicted octanol–water partition coefficient (Wildman–Crippen LogP) is 3.92. The van der Waals surface area contributed by atoms with Gasteiger partial charge in [0.2, 0.25) is 3.79 Å². The smallest absolute Gasteiger partial charge is 0.230 e. The van der Waals surface area contributed by atoms with Crippen molar-refractivity contribution in [2.45, 2.75) is 3.79 Å². The lowest BCUT2D eigenvalue weighted by molar-refractivity contribution is 1.13. The number of halogens is 3. The summed E-state index contributed by atoms with van der Waals surface area (Å²) in [6.07, 6.45) is 5.21. The van der Waals surface area contributed by atoms with Gasteiger partial charge in [0.25, 0.3) is 0 Å². The van der Waals surface area contributed by atoms with Crippen LogP contribution in [-0.2, 0) is 3.79 Å². The van der Waals surface area contributed by atoms with E-state index in [4.69, 9.17) is 34.8 Å². The van der Waals surface area contributed by atoms with Crippen molar-refractivity contribution in [3.05, 3.63) is 54.6 Å². The summed E-state index contributed by atoms with van der Waals surface area (Å²) < 4.78 is -1.32. The first-order valence-corrected chi connectivity index (χ1v) is 5.29. The Kier molecular flexibility index (Phi) is 4.95. The highest BCUT2D eigenvalue weighted by Gasteiger charge is 2.22. The molecule has 0 amide bonds. The molecule has 5 heteroatoms. The van der Waals surface area contributed by atoms with E-state index < -0.39 is 3.79 Å². The molecule has 80 valence electrons. The molecule has 15 heavy (non-hydrogen) atoms. The van der Waals surface area contributed by atoms with Gasteiger partial charge in [-0.15, -0.1) is 0 Å². The van der Waals surface area contributed by atoms with Gasteiger partial charge >= 0.3 is 0 Å². The maximum Gasteiger partial charge on any atom is 0.230 e. The van der Waals surface area contributed by atoms with E-state index in [0.717, 1.165) is 0 Å².